The van der Waals surface area contributed by atoms with Crippen molar-refractivity contribution in [3.8, 4) is 0 Å². The van der Waals surface area contributed by atoms with Gasteiger partial charge in [-0.05, 0) is 27.7 Å². The molecule has 92 valence electrons. The van der Waals surface area contributed by atoms with Gasteiger partial charge in [0, 0.05) is 23.8 Å². The lowest BCUT2D eigenvalue weighted by Gasteiger charge is -2.15. The number of aromatic nitrogens is 2. The van der Waals surface area contributed by atoms with E-state index < -0.39 is 12.3 Å². The zero-order valence-corrected chi connectivity index (χ0v) is 10.2. The highest BCUT2D eigenvalue weighted by Crippen LogP contribution is 2.29. The van der Waals surface area contributed by atoms with Gasteiger partial charge in [0.15, 0.2) is 0 Å². The lowest BCUT2D eigenvalue weighted by Crippen LogP contribution is -2.21. The summed E-state index contributed by atoms with van der Waals surface area (Å²) < 4.78 is 27.5. The summed E-state index contributed by atoms with van der Waals surface area (Å²) in [5, 5.41) is 4.29. The van der Waals surface area contributed by atoms with Gasteiger partial charge in [-0.15, -0.1) is 0 Å². The Labute approximate surface area is 94.6 Å². The molecule has 0 spiro atoms. The molecular weight excluding hydrogens is 212 g/mol. The Hall–Kier alpha value is -0.970. The normalized spacial score (nSPS) is 13.8. The molecule has 1 unspecified atom stereocenters. The summed E-state index contributed by atoms with van der Waals surface area (Å²) in [7, 11) is 0. The number of halogens is 2. The molecule has 0 amide bonds. The predicted octanol–water partition coefficient (Wildman–Crippen LogP) is 2.39. The van der Waals surface area contributed by atoms with Crippen molar-refractivity contribution in [1.29, 1.82) is 0 Å². The van der Waals surface area contributed by atoms with Gasteiger partial charge in [-0.1, -0.05) is 0 Å². The minimum atomic E-state index is -2.44. The molecule has 0 radical (unpaired) electrons. The van der Waals surface area contributed by atoms with Crippen LogP contribution < -0.4 is 5.73 Å². The Balaban J connectivity index is 3.22. The monoisotopic (exact) mass is 231 g/mol. The molecule has 1 atom stereocenters. The maximum absolute atomic E-state index is 12.8. The maximum Gasteiger partial charge on any atom is 0.246 e. The van der Waals surface area contributed by atoms with E-state index in [0.29, 0.717) is 11.3 Å². The molecule has 1 aromatic heterocycles. The minimum Gasteiger partial charge on any atom is -0.330 e. The zero-order valence-electron chi connectivity index (χ0n) is 10.2. The molecule has 3 nitrogen and oxygen atoms in total. The summed E-state index contributed by atoms with van der Waals surface area (Å²) in [6.07, 6.45) is -2.44. The highest BCUT2D eigenvalue weighted by Gasteiger charge is 2.27. The number of hydrogen-bond donors (Lipinski definition) is 1. The third-order valence-electron chi connectivity index (χ3n) is 2.80. The lowest BCUT2D eigenvalue weighted by atomic mass is 9.98. The van der Waals surface area contributed by atoms with Gasteiger partial charge in [-0.2, -0.15) is 5.10 Å². The Morgan fingerprint density at radius 1 is 1.31 bits per heavy atom. The largest absolute Gasteiger partial charge is 0.330 e. The van der Waals surface area contributed by atoms with Crippen molar-refractivity contribution in [2.24, 2.45) is 5.73 Å². The first-order chi connectivity index (χ1) is 7.40. The number of nitrogens with two attached hydrogens (primary N) is 1. The number of rotatable bonds is 4. The second-order valence-electron chi connectivity index (χ2n) is 4.30. The van der Waals surface area contributed by atoms with E-state index >= 15 is 0 Å². The van der Waals surface area contributed by atoms with Crippen molar-refractivity contribution in [2.45, 2.75) is 46.1 Å². The predicted molar refractivity (Wildman–Crippen MR) is 59.9 cm³/mol. The molecule has 0 bridgehead atoms. The zero-order chi connectivity index (χ0) is 12.5. The third-order valence-corrected chi connectivity index (χ3v) is 2.80. The van der Waals surface area contributed by atoms with Gasteiger partial charge >= 0.3 is 0 Å². The van der Waals surface area contributed by atoms with Crippen molar-refractivity contribution in [3.05, 3.63) is 17.0 Å². The first kappa shape index (κ1) is 13.1. The molecule has 0 aliphatic rings. The van der Waals surface area contributed by atoms with E-state index in [-0.39, 0.29) is 12.6 Å². The first-order valence-electron chi connectivity index (χ1n) is 5.44. The summed E-state index contributed by atoms with van der Waals surface area (Å²) >= 11 is 0. The van der Waals surface area contributed by atoms with E-state index in [1.54, 1.807) is 11.6 Å². The van der Waals surface area contributed by atoms with Gasteiger partial charge in [0.25, 0.3) is 0 Å². The molecule has 0 aliphatic carbocycles. The van der Waals surface area contributed by atoms with Crippen molar-refractivity contribution in [2.75, 3.05) is 6.54 Å². The third kappa shape index (κ3) is 2.24. The topological polar surface area (TPSA) is 43.8 Å². The molecule has 2 N–H and O–H groups in total. The Morgan fingerprint density at radius 2 is 1.88 bits per heavy atom. The Morgan fingerprint density at radius 3 is 2.19 bits per heavy atom. The van der Waals surface area contributed by atoms with Crippen molar-refractivity contribution in [3.63, 3.8) is 0 Å². The molecule has 0 fully saturated rings. The van der Waals surface area contributed by atoms with Crippen LogP contribution >= 0.6 is 0 Å². The van der Waals surface area contributed by atoms with Crippen molar-refractivity contribution < 1.29 is 8.78 Å². The van der Waals surface area contributed by atoms with E-state index in [1.807, 2.05) is 20.8 Å². The van der Waals surface area contributed by atoms with E-state index in [1.165, 1.54) is 0 Å². The molecule has 0 saturated carbocycles. The molecule has 1 rings (SSSR count). The fraction of sp³-hybridized carbons (Fsp3) is 0.727. The molecule has 5 heteroatoms. The van der Waals surface area contributed by atoms with Crippen LogP contribution in [0.3, 0.4) is 0 Å². The maximum atomic E-state index is 12.8. The number of alkyl halides is 2. The van der Waals surface area contributed by atoms with E-state index in [0.717, 1.165) is 5.69 Å². The van der Waals surface area contributed by atoms with E-state index in [4.69, 9.17) is 5.73 Å². The summed E-state index contributed by atoms with van der Waals surface area (Å²) in [5.74, 6) is -0.910. The highest BCUT2D eigenvalue weighted by atomic mass is 19.3. The highest BCUT2D eigenvalue weighted by molar-refractivity contribution is 5.30. The van der Waals surface area contributed by atoms with Crippen molar-refractivity contribution in [1.82, 2.24) is 9.78 Å². The fourth-order valence-corrected chi connectivity index (χ4v) is 2.06. The van der Waals surface area contributed by atoms with Crippen LogP contribution in [0.5, 0.6) is 0 Å². The lowest BCUT2D eigenvalue weighted by molar-refractivity contribution is 0.116. The van der Waals surface area contributed by atoms with Gasteiger partial charge in [0.05, 0.1) is 11.6 Å². The van der Waals surface area contributed by atoms with Crippen LogP contribution in [0.2, 0.25) is 0 Å². The SMILES string of the molecule is Cc1nn(C(C)C)c(C)c1C(CN)C(F)F. The summed E-state index contributed by atoms with van der Waals surface area (Å²) in [5.41, 5.74) is 7.46. The molecular formula is C11H19F2N3. The molecule has 0 saturated heterocycles. The standard InChI is InChI=1S/C11H19F2N3/c1-6(2)16-8(4)10(7(3)15-16)9(5-14)11(12)13/h6,9,11H,5,14H2,1-4H3. The Bertz CT molecular complexity index is 358. The van der Waals surface area contributed by atoms with Gasteiger partial charge in [0.2, 0.25) is 6.43 Å². The fourth-order valence-electron chi connectivity index (χ4n) is 2.06. The molecule has 1 aromatic rings. The van der Waals surface area contributed by atoms with E-state index in [2.05, 4.69) is 5.10 Å². The van der Waals surface area contributed by atoms with Crippen LogP contribution in [0.15, 0.2) is 0 Å². The molecule has 0 aromatic carbocycles. The minimum absolute atomic E-state index is 0.0524. The van der Waals surface area contributed by atoms with Gasteiger partial charge < -0.3 is 5.73 Å². The smallest absolute Gasteiger partial charge is 0.246 e. The average molecular weight is 231 g/mol. The second-order valence-corrected chi connectivity index (χ2v) is 4.30. The number of hydrogen-bond acceptors (Lipinski definition) is 2. The van der Waals surface area contributed by atoms with Crippen molar-refractivity contribution >= 4 is 0 Å². The summed E-state index contributed by atoms with van der Waals surface area (Å²) in [6, 6.07) is 0.170. The van der Waals surface area contributed by atoms with Crippen LogP contribution in [0.25, 0.3) is 0 Å². The van der Waals surface area contributed by atoms with Crippen LogP contribution in [0.1, 0.15) is 42.8 Å². The van der Waals surface area contributed by atoms with Crippen LogP contribution in [0, 0.1) is 13.8 Å². The van der Waals surface area contributed by atoms with Gasteiger partial charge in [-0.25, -0.2) is 8.78 Å². The summed E-state index contributed by atoms with van der Waals surface area (Å²) in [4.78, 5) is 0. The number of nitrogens with zero attached hydrogens (tertiary/aromatic N) is 2. The van der Waals surface area contributed by atoms with Crippen LogP contribution in [-0.2, 0) is 0 Å². The second kappa shape index (κ2) is 4.91. The quantitative estimate of drug-likeness (QED) is 0.864. The first-order valence-corrected chi connectivity index (χ1v) is 5.44. The number of aryl methyl sites for hydroxylation is 1. The molecule has 1 heterocycles. The van der Waals surface area contributed by atoms with E-state index in [9.17, 15) is 8.78 Å². The van der Waals surface area contributed by atoms with Gasteiger partial charge in [0.1, 0.15) is 0 Å². The summed E-state index contributed by atoms with van der Waals surface area (Å²) in [6.45, 7) is 7.47. The average Bonchev–Trinajstić information content (AvgIpc) is 2.46. The van der Waals surface area contributed by atoms with Crippen LogP contribution in [-0.4, -0.2) is 22.8 Å². The van der Waals surface area contributed by atoms with Crippen LogP contribution in [0.4, 0.5) is 8.78 Å². The molecule has 0 aliphatic heterocycles. The molecule has 16 heavy (non-hydrogen) atoms. The van der Waals surface area contributed by atoms with Gasteiger partial charge in [-0.3, -0.25) is 4.68 Å². The Kier molecular flexibility index (Phi) is 4.02.